The SMILES string of the molecule is C[C@]1(C(=O)NCC2CCC2)CC1(F)F. The van der Waals surface area contributed by atoms with Crippen molar-refractivity contribution in [2.24, 2.45) is 11.3 Å². The molecule has 1 atom stereocenters. The first-order valence-electron chi connectivity index (χ1n) is 5.12. The summed E-state index contributed by atoms with van der Waals surface area (Å²) in [6, 6.07) is 0. The Morgan fingerprint density at radius 3 is 2.43 bits per heavy atom. The van der Waals surface area contributed by atoms with E-state index in [1.54, 1.807) is 0 Å². The van der Waals surface area contributed by atoms with Gasteiger partial charge in [-0.05, 0) is 25.7 Å². The Bertz CT molecular complexity index is 263. The number of carbonyl (C=O) groups is 1. The van der Waals surface area contributed by atoms with Gasteiger partial charge in [-0.2, -0.15) is 0 Å². The maximum atomic E-state index is 12.8. The number of hydrogen-bond donors (Lipinski definition) is 1. The molecule has 2 aliphatic rings. The average Bonchev–Trinajstić information content (AvgIpc) is 2.49. The minimum Gasteiger partial charge on any atom is -0.355 e. The quantitative estimate of drug-likeness (QED) is 0.746. The van der Waals surface area contributed by atoms with Gasteiger partial charge < -0.3 is 5.32 Å². The van der Waals surface area contributed by atoms with Crippen molar-refractivity contribution in [3.63, 3.8) is 0 Å². The van der Waals surface area contributed by atoms with E-state index in [1.807, 2.05) is 0 Å². The van der Waals surface area contributed by atoms with Crippen LogP contribution in [-0.2, 0) is 4.79 Å². The standard InChI is InChI=1S/C10H15F2NO/c1-9(6-10(9,11)12)8(14)13-5-7-3-2-4-7/h7H,2-6H2,1H3,(H,13,14)/t9-/m1/s1. The van der Waals surface area contributed by atoms with Gasteiger partial charge in [0.2, 0.25) is 5.91 Å². The van der Waals surface area contributed by atoms with Crippen LogP contribution >= 0.6 is 0 Å². The largest absolute Gasteiger partial charge is 0.355 e. The molecular weight excluding hydrogens is 188 g/mol. The van der Waals surface area contributed by atoms with Gasteiger partial charge in [0.25, 0.3) is 5.92 Å². The highest BCUT2D eigenvalue weighted by atomic mass is 19.3. The van der Waals surface area contributed by atoms with Crippen LogP contribution in [0.25, 0.3) is 0 Å². The van der Waals surface area contributed by atoms with E-state index >= 15 is 0 Å². The summed E-state index contributed by atoms with van der Waals surface area (Å²) in [6.07, 6.45) is 3.14. The number of amides is 1. The number of alkyl halides is 2. The molecule has 0 saturated heterocycles. The fourth-order valence-electron chi connectivity index (χ4n) is 1.78. The van der Waals surface area contributed by atoms with Crippen LogP contribution in [0.3, 0.4) is 0 Å². The molecule has 0 radical (unpaired) electrons. The molecule has 0 spiro atoms. The number of hydrogen-bond acceptors (Lipinski definition) is 1. The molecule has 1 amide bonds. The summed E-state index contributed by atoms with van der Waals surface area (Å²) in [7, 11) is 0. The molecule has 0 aliphatic heterocycles. The van der Waals surface area contributed by atoms with E-state index in [9.17, 15) is 13.6 Å². The lowest BCUT2D eigenvalue weighted by molar-refractivity contribution is -0.129. The molecule has 0 bridgehead atoms. The van der Waals surface area contributed by atoms with E-state index in [0.29, 0.717) is 12.5 Å². The lowest BCUT2D eigenvalue weighted by atomic mass is 9.85. The molecule has 2 rings (SSSR count). The number of nitrogens with one attached hydrogen (secondary N) is 1. The maximum Gasteiger partial charge on any atom is 0.263 e. The minimum atomic E-state index is -2.78. The van der Waals surface area contributed by atoms with Crippen LogP contribution in [0, 0.1) is 11.3 Å². The summed E-state index contributed by atoms with van der Waals surface area (Å²) in [6.45, 7) is 1.91. The molecule has 4 heteroatoms. The van der Waals surface area contributed by atoms with E-state index in [2.05, 4.69) is 5.32 Å². The molecule has 14 heavy (non-hydrogen) atoms. The molecule has 0 heterocycles. The van der Waals surface area contributed by atoms with Crippen molar-refractivity contribution >= 4 is 5.91 Å². The van der Waals surface area contributed by atoms with Gasteiger partial charge in [-0.3, -0.25) is 4.79 Å². The second-order valence-electron chi connectivity index (χ2n) is 4.72. The van der Waals surface area contributed by atoms with Crippen molar-refractivity contribution in [2.45, 2.75) is 38.5 Å². The molecular formula is C10H15F2NO. The Balaban J connectivity index is 1.79. The molecule has 1 N–H and O–H groups in total. The fourth-order valence-corrected chi connectivity index (χ4v) is 1.78. The summed E-state index contributed by atoms with van der Waals surface area (Å²) in [5.41, 5.74) is -1.42. The molecule has 2 fully saturated rings. The first-order valence-corrected chi connectivity index (χ1v) is 5.12. The number of carbonyl (C=O) groups excluding carboxylic acids is 1. The van der Waals surface area contributed by atoms with Crippen molar-refractivity contribution in [3.05, 3.63) is 0 Å². The van der Waals surface area contributed by atoms with E-state index in [1.165, 1.54) is 13.3 Å². The lowest BCUT2D eigenvalue weighted by Gasteiger charge is -2.26. The third kappa shape index (κ3) is 1.41. The van der Waals surface area contributed by atoms with Crippen molar-refractivity contribution < 1.29 is 13.6 Å². The third-order valence-electron chi connectivity index (χ3n) is 3.54. The van der Waals surface area contributed by atoms with Gasteiger partial charge in [-0.25, -0.2) is 8.78 Å². The highest BCUT2D eigenvalue weighted by Gasteiger charge is 2.72. The first-order chi connectivity index (χ1) is 6.46. The van der Waals surface area contributed by atoms with Crippen molar-refractivity contribution in [1.29, 1.82) is 0 Å². The molecule has 0 unspecified atom stereocenters. The van der Waals surface area contributed by atoms with Crippen LogP contribution in [0.5, 0.6) is 0 Å². The predicted molar refractivity (Wildman–Crippen MR) is 48.0 cm³/mol. The van der Waals surface area contributed by atoms with Gasteiger partial charge in [-0.15, -0.1) is 0 Å². The Hall–Kier alpha value is -0.670. The molecule has 0 aromatic carbocycles. The summed E-state index contributed by atoms with van der Waals surface area (Å²) < 4.78 is 25.6. The number of halogens is 2. The van der Waals surface area contributed by atoms with Crippen molar-refractivity contribution in [2.75, 3.05) is 6.54 Å². The van der Waals surface area contributed by atoms with Gasteiger partial charge in [0.15, 0.2) is 0 Å². The van der Waals surface area contributed by atoms with E-state index in [4.69, 9.17) is 0 Å². The van der Waals surface area contributed by atoms with E-state index in [0.717, 1.165) is 12.8 Å². The number of rotatable bonds is 3. The Morgan fingerprint density at radius 1 is 1.50 bits per heavy atom. The smallest absolute Gasteiger partial charge is 0.263 e. The zero-order valence-corrected chi connectivity index (χ0v) is 8.28. The predicted octanol–water partition coefficient (Wildman–Crippen LogP) is 1.95. The van der Waals surface area contributed by atoms with E-state index < -0.39 is 17.2 Å². The average molecular weight is 203 g/mol. The van der Waals surface area contributed by atoms with Crippen LogP contribution in [0.15, 0.2) is 0 Å². The molecule has 0 aromatic rings. The third-order valence-corrected chi connectivity index (χ3v) is 3.54. The van der Waals surface area contributed by atoms with Gasteiger partial charge >= 0.3 is 0 Å². The lowest BCUT2D eigenvalue weighted by Crippen LogP contribution is -2.38. The summed E-state index contributed by atoms with van der Waals surface area (Å²) in [4.78, 5) is 11.4. The summed E-state index contributed by atoms with van der Waals surface area (Å²) in [5, 5.41) is 2.62. The fraction of sp³-hybridized carbons (Fsp3) is 0.900. The van der Waals surface area contributed by atoms with Gasteiger partial charge in [-0.1, -0.05) is 6.42 Å². The van der Waals surface area contributed by atoms with Crippen LogP contribution in [0.1, 0.15) is 32.6 Å². The van der Waals surface area contributed by atoms with Crippen molar-refractivity contribution in [1.82, 2.24) is 5.32 Å². The van der Waals surface area contributed by atoms with Gasteiger partial charge in [0.1, 0.15) is 5.41 Å². The summed E-state index contributed by atoms with van der Waals surface area (Å²) >= 11 is 0. The second kappa shape index (κ2) is 2.91. The molecule has 2 nitrogen and oxygen atoms in total. The normalized spacial score (nSPS) is 34.8. The molecule has 2 saturated carbocycles. The second-order valence-corrected chi connectivity index (χ2v) is 4.72. The zero-order chi connectivity index (χ0) is 10.4. The topological polar surface area (TPSA) is 29.1 Å². The van der Waals surface area contributed by atoms with Gasteiger partial charge in [0, 0.05) is 13.0 Å². The molecule has 2 aliphatic carbocycles. The molecule has 0 aromatic heterocycles. The van der Waals surface area contributed by atoms with Gasteiger partial charge in [0.05, 0.1) is 0 Å². The summed E-state index contributed by atoms with van der Waals surface area (Å²) in [5.74, 6) is -2.74. The van der Waals surface area contributed by atoms with Crippen LogP contribution in [0.2, 0.25) is 0 Å². The van der Waals surface area contributed by atoms with Crippen LogP contribution in [-0.4, -0.2) is 18.4 Å². The van der Waals surface area contributed by atoms with Crippen molar-refractivity contribution in [3.8, 4) is 0 Å². The highest BCUT2D eigenvalue weighted by molar-refractivity contribution is 5.86. The zero-order valence-electron chi connectivity index (χ0n) is 8.28. The maximum absolute atomic E-state index is 12.8. The monoisotopic (exact) mass is 203 g/mol. The minimum absolute atomic E-state index is 0.295. The highest BCUT2D eigenvalue weighted by Crippen LogP contribution is 2.60. The van der Waals surface area contributed by atoms with E-state index in [-0.39, 0.29) is 6.42 Å². The van der Waals surface area contributed by atoms with Crippen LogP contribution < -0.4 is 5.32 Å². The first kappa shape index (κ1) is 9.87. The van der Waals surface area contributed by atoms with Crippen LogP contribution in [0.4, 0.5) is 8.78 Å². The molecule has 80 valence electrons. The Labute approximate surface area is 82.1 Å². The Morgan fingerprint density at radius 2 is 2.07 bits per heavy atom. The Kier molecular flexibility index (Phi) is 2.05.